The molecule has 0 saturated carbocycles. The molecule has 0 aromatic carbocycles. The van der Waals surface area contributed by atoms with Gasteiger partial charge in [-0.2, -0.15) is 0 Å². The van der Waals surface area contributed by atoms with Gasteiger partial charge in [0.2, 0.25) is 5.91 Å². The van der Waals surface area contributed by atoms with Crippen LogP contribution in [0.4, 0.5) is 4.79 Å². The highest BCUT2D eigenvalue weighted by molar-refractivity contribution is 5.80. The molecule has 2 rings (SSSR count). The van der Waals surface area contributed by atoms with Crippen LogP contribution in [0.15, 0.2) is 0 Å². The van der Waals surface area contributed by atoms with E-state index in [4.69, 9.17) is 0 Å². The summed E-state index contributed by atoms with van der Waals surface area (Å²) in [6.07, 6.45) is 6.39. The monoisotopic (exact) mass is 295 g/mol. The summed E-state index contributed by atoms with van der Waals surface area (Å²) in [4.78, 5) is 28.4. The number of nitrogens with zero attached hydrogens (tertiary/aromatic N) is 2. The zero-order chi connectivity index (χ0) is 15.2. The van der Waals surface area contributed by atoms with E-state index in [1.54, 1.807) is 0 Å². The Morgan fingerprint density at radius 2 is 1.48 bits per heavy atom. The number of amides is 3. The first-order chi connectivity index (χ1) is 10.1. The quantitative estimate of drug-likeness (QED) is 0.849. The molecule has 2 fully saturated rings. The topological polar surface area (TPSA) is 52.7 Å². The van der Waals surface area contributed by atoms with Gasteiger partial charge in [-0.05, 0) is 39.5 Å². The molecule has 0 bridgehead atoms. The molecule has 2 aliphatic heterocycles. The number of rotatable bonds is 2. The van der Waals surface area contributed by atoms with Gasteiger partial charge < -0.3 is 15.1 Å². The average molecular weight is 295 g/mol. The first kappa shape index (κ1) is 16.1. The minimum atomic E-state index is 0.00525. The lowest BCUT2D eigenvalue weighted by Crippen LogP contribution is -2.49. The summed E-state index contributed by atoms with van der Waals surface area (Å²) in [5.74, 6) is 0.437. The highest BCUT2D eigenvalue weighted by Gasteiger charge is 2.30. The lowest BCUT2D eigenvalue weighted by molar-refractivity contribution is -0.136. The summed E-state index contributed by atoms with van der Waals surface area (Å²) in [6, 6.07) is 0.166. The smallest absolute Gasteiger partial charge is 0.317 e. The van der Waals surface area contributed by atoms with E-state index in [0.29, 0.717) is 19.0 Å². The van der Waals surface area contributed by atoms with Crippen molar-refractivity contribution in [2.75, 3.05) is 26.2 Å². The van der Waals surface area contributed by atoms with Crippen molar-refractivity contribution in [3.63, 3.8) is 0 Å². The molecule has 0 aliphatic carbocycles. The summed E-state index contributed by atoms with van der Waals surface area (Å²) in [5, 5.41) is 2.92. The number of hydrogen-bond donors (Lipinski definition) is 1. The molecule has 21 heavy (non-hydrogen) atoms. The van der Waals surface area contributed by atoms with Gasteiger partial charge in [-0.1, -0.05) is 12.8 Å². The highest BCUT2D eigenvalue weighted by Crippen LogP contribution is 2.21. The number of hydrogen-bond acceptors (Lipinski definition) is 2. The molecule has 0 aromatic rings. The Hall–Kier alpha value is -1.26. The molecule has 0 radical (unpaired) electrons. The number of nitrogens with one attached hydrogen (secondary N) is 1. The Kier molecular flexibility index (Phi) is 5.88. The van der Waals surface area contributed by atoms with Crippen LogP contribution in [0.5, 0.6) is 0 Å². The van der Waals surface area contributed by atoms with Crippen molar-refractivity contribution >= 4 is 11.9 Å². The number of carbonyl (C=O) groups excluding carboxylic acids is 2. The fourth-order valence-electron chi connectivity index (χ4n) is 3.22. The molecular weight excluding hydrogens is 266 g/mol. The van der Waals surface area contributed by atoms with Crippen LogP contribution < -0.4 is 5.32 Å². The molecule has 0 unspecified atom stereocenters. The molecule has 5 heteroatoms. The van der Waals surface area contributed by atoms with Gasteiger partial charge in [0.25, 0.3) is 0 Å². The van der Waals surface area contributed by atoms with E-state index in [1.165, 1.54) is 12.8 Å². The van der Waals surface area contributed by atoms with Crippen LogP contribution >= 0.6 is 0 Å². The molecule has 120 valence electrons. The number of likely N-dealkylation sites (tertiary alicyclic amines) is 2. The van der Waals surface area contributed by atoms with Crippen LogP contribution in [-0.2, 0) is 4.79 Å². The number of urea groups is 1. The molecule has 1 N–H and O–H groups in total. The Morgan fingerprint density at radius 1 is 0.905 bits per heavy atom. The van der Waals surface area contributed by atoms with Crippen molar-refractivity contribution in [3.05, 3.63) is 0 Å². The van der Waals surface area contributed by atoms with Crippen LogP contribution in [0.1, 0.15) is 52.4 Å². The van der Waals surface area contributed by atoms with Crippen LogP contribution in [0.2, 0.25) is 0 Å². The van der Waals surface area contributed by atoms with Crippen molar-refractivity contribution in [2.45, 2.75) is 58.4 Å². The third kappa shape index (κ3) is 4.61. The van der Waals surface area contributed by atoms with Gasteiger partial charge in [0.15, 0.2) is 0 Å². The van der Waals surface area contributed by atoms with Crippen molar-refractivity contribution < 1.29 is 9.59 Å². The van der Waals surface area contributed by atoms with E-state index in [0.717, 1.165) is 38.8 Å². The van der Waals surface area contributed by atoms with E-state index in [-0.39, 0.29) is 18.0 Å². The second-order valence-electron chi connectivity index (χ2n) is 6.61. The fraction of sp³-hybridized carbons (Fsp3) is 0.875. The molecule has 0 aromatic heterocycles. The lowest BCUT2D eigenvalue weighted by atomic mass is 9.95. The van der Waals surface area contributed by atoms with Gasteiger partial charge in [0, 0.05) is 38.1 Å². The van der Waals surface area contributed by atoms with Crippen molar-refractivity contribution in [1.82, 2.24) is 15.1 Å². The van der Waals surface area contributed by atoms with E-state index in [9.17, 15) is 9.59 Å². The minimum Gasteiger partial charge on any atom is -0.342 e. The molecule has 2 aliphatic rings. The van der Waals surface area contributed by atoms with Gasteiger partial charge in [0.05, 0.1) is 0 Å². The lowest BCUT2D eigenvalue weighted by Gasteiger charge is -2.34. The van der Waals surface area contributed by atoms with E-state index >= 15 is 0 Å². The molecule has 0 atom stereocenters. The molecule has 2 heterocycles. The van der Waals surface area contributed by atoms with Gasteiger partial charge in [-0.3, -0.25) is 4.79 Å². The van der Waals surface area contributed by atoms with Crippen LogP contribution in [0.3, 0.4) is 0 Å². The third-order valence-electron chi connectivity index (χ3n) is 4.46. The van der Waals surface area contributed by atoms with Gasteiger partial charge in [-0.25, -0.2) is 4.79 Å². The number of piperidine rings is 1. The Morgan fingerprint density at radius 3 is 2.00 bits per heavy atom. The second kappa shape index (κ2) is 7.66. The average Bonchev–Trinajstić information content (AvgIpc) is 2.75. The van der Waals surface area contributed by atoms with Crippen molar-refractivity contribution in [3.8, 4) is 0 Å². The molecule has 5 nitrogen and oxygen atoms in total. The maximum atomic E-state index is 12.6. The zero-order valence-corrected chi connectivity index (χ0v) is 13.4. The van der Waals surface area contributed by atoms with Crippen LogP contribution in [0.25, 0.3) is 0 Å². The highest BCUT2D eigenvalue weighted by atomic mass is 16.2. The maximum absolute atomic E-state index is 12.6. The van der Waals surface area contributed by atoms with Crippen molar-refractivity contribution in [2.24, 2.45) is 5.92 Å². The molecule has 0 spiro atoms. The normalized spacial score (nSPS) is 21.3. The second-order valence-corrected chi connectivity index (χ2v) is 6.61. The Labute approximate surface area is 128 Å². The standard InChI is InChI=1S/C16H29N3O2/c1-13(2)17-16(21)19-11-7-14(8-12-19)15(20)18-9-5-3-4-6-10-18/h13-14H,3-12H2,1-2H3,(H,17,21). The van der Waals surface area contributed by atoms with Gasteiger partial charge in [0.1, 0.15) is 0 Å². The largest absolute Gasteiger partial charge is 0.342 e. The van der Waals surface area contributed by atoms with E-state index in [2.05, 4.69) is 10.2 Å². The summed E-state index contributed by atoms with van der Waals surface area (Å²) >= 11 is 0. The van der Waals surface area contributed by atoms with Crippen molar-refractivity contribution in [1.29, 1.82) is 0 Å². The Bertz CT molecular complexity index is 355. The molecule has 3 amide bonds. The van der Waals surface area contributed by atoms with Crippen LogP contribution in [-0.4, -0.2) is 54.0 Å². The zero-order valence-electron chi connectivity index (χ0n) is 13.4. The first-order valence-electron chi connectivity index (χ1n) is 8.42. The SMILES string of the molecule is CC(C)NC(=O)N1CCC(C(=O)N2CCCCCC2)CC1. The third-order valence-corrected chi connectivity index (χ3v) is 4.46. The molecular formula is C16H29N3O2. The minimum absolute atomic E-state index is 0.00525. The predicted molar refractivity (Wildman–Crippen MR) is 83.0 cm³/mol. The summed E-state index contributed by atoms with van der Waals surface area (Å²) in [7, 11) is 0. The van der Waals surface area contributed by atoms with E-state index < -0.39 is 0 Å². The first-order valence-corrected chi connectivity index (χ1v) is 8.42. The van der Waals surface area contributed by atoms with Crippen LogP contribution in [0, 0.1) is 5.92 Å². The summed E-state index contributed by atoms with van der Waals surface area (Å²) in [6.45, 7) is 7.17. The Balaban J connectivity index is 1.80. The maximum Gasteiger partial charge on any atom is 0.317 e. The van der Waals surface area contributed by atoms with Gasteiger partial charge >= 0.3 is 6.03 Å². The summed E-state index contributed by atoms with van der Waals surface area (Å²) < 4.78 is 0. The van der Waals surface area contributed by atoms with Gasteiger partial charge in [-0.15, -0.1) is 0 Å². The molecule has 2 saturated heterocycles. The van der Waals surface area contributed by atoms with E-state index in [1.807, 2.05) is 18.7 Å². The predicted octanol–water partition coefficient (Wildman–Crippen LogP) is 2.22. The fourth-order valence-corrected chi connectivity index (χ4v) is 3.22. The number of carbonyl (C=O) groups is 2. The summed E-state index contributed by atoms with van der Waals surface area (Å²) in [5.41, 5.74) is 0.